The molecule has 2 aromatic heterocycles. The number of nitrogens with zero attached hydrogens (tertiary/aromatic N) is 3. The number of hydrogen-bond acceptors (Lipinski definition) is 4. The number of aromatic amines is 1. The number of halogens is 1. The van der Waals surface area contributed by atoms with Gasteiger partial charge in [0.15, 0.2) is 5.82 Å². The van der Waals surface area contributed by atoms with Crippen molar-refractivity contribution < 1.29 is 13.9 Å². The second-order valence-electron chi connectivity index (χ2n) is 9.89. The van der Waals surface area contributed by atoms with Crippen molar-refractivity contribution in [2.24, 2.45) is 0 Å². The van der Waals surface area contributed by atoms with Gasteiger partial charge in [-0.15, -0.1) is 0 Å². The van der Waals surface area contributed by atoms with Gasteiger partial charge in [0, 0.05) is 37.7 Å². The normalized spacial score (nSPS) is 13.3. The van der Waals surface area contributed by atoms with Gasteiger partial charge in [-0.05, 0) is 58.9 Å². The topological polar surface area (TPSA) is 83.1 Å². The van der Waals surface area contributed by atoms with Gasteiger partial charge in [-0.3, -0.25) is 4.98 Å². The summed E-state index contributed by atoms with van der Waals surface area (Å²) >= 11 is 0. The molecule has 0 radical (unpaired) electrons. The molecule has 0 atom stereocenters. The lowest BCUT2D eigenvalue weighted by atomic mass is 9.87. The molecule has 4 aromatic rings. The molecular weight excluding hydrogens is 457 g/mol. The number of hydrogen-bond donors (Lipinski definition) is 2. The van der Waals surface area contributed by atoms with E-state index in [4.69, 9.17) is 4.74 Å². The lowest BCUT2D eigenvalue weighted by molar-refractivity contribution is 0.206. The number of ether oxygens (including phenoxy) is 1. The van der Waals surface area contributed by atoms with E-state index in [1.807, 2.05) is 24.3 Å². The number of carbonyl (C=O) groups is 1. The minimum absolute atomic E-state index is 0.152. The quantitative estimate of drug-likeness (QED) is 0.356. The highest BCUT2D eigenvalue weighted by Crippen LogP contribution is 2.30. The fourth-order valence-corrected chi connectivity index (χ4v) is 4.20. The van der Waals surface area contributed by atoms with E-state index in [9.17, 15) is 9.18 Å². The van der Waals surface area contributed by atoms with E-state index in [1.54, 1.807) is 41.7 Å². The SMILES string of the molecule is CC(C)(C)c1ccc(F)c(NC(=O)N2CCc3ccc(Oc4ccnc(-c5ncc[nH]5)c4)cc3C2)c1. The Morgan fingerprint density at radius 3 is 2.64 bits per heavy atom. The first-order chi connectivity index (χ1) is 17.3. The first-order valence-corrected chi connectivity index (χ1v) is 11.9. The molecule has 0 aliphatic carbocycles. The molecule has 2 aromatic carbocycles. The Morgan fingerprint density at radius 2 is 1.86 bits per heavy atom. The monoisotopic (exact) mass is 485 g/mol. The van der Waals surface area contributed by atoms with E-state index < -0.39 is 5.82 Å². The highest BCUT2D eigenvalue weighted by atomic mass is 19.1. The van der Waals surface area contributed by atoms with Crippen molar-refractivity contribution in [3.63, 3.8) is 0 Å². The lowest BCUT2D eigenvalue weighted by Gasteiger charge is -2.29. The zero-order chi connectivity index (χ0) is 25.3. The van der Waals surface area contributed by atoms with Gasteiger partial charge < -0.3 is 19.9 Å². The number of imidazole rings is 1. The van der Waals surface area contributed by atoms with Gasteiger partial charge in [-0.1, -0.05) is 32.9 Å². The van der Waals surface area contributed by atoms with Gasteiger partial charge in [-0.25, -0.2) is 14.2 Å². The third kappa shape index (κ3) is 5.07. The zero-order valence-electron chi connectivity index (χ0n) is 20.5. The maximum atomic E-state index is 14.4. The number of nitrogens with one attached hydrogen (secondary N) is 2. The number of rotatable bonds is 4. The predicted octanol–water partition coefficient (Wildman–Crippen LogP) is 6.29. The van der Waals surface area contributed by atoms with E-state index >= 15 is 0 Å². The average molecular weight is 486 g/mol. The summed E-state index contributed by atoms with van der Waals surface area (Å²) in [4.78, 5) is 26.3. The predicted molar refractivity (Wildman–Crippen MR) is 137 cm³/mol. The molecule has 184 valence electrons. The van der Waals surface area contributed by atoms with Crippen LogP contribution in [-0.2, 0) is 18.4 Å². The van der Waals surface area contributed by atoms with Crippen LogP contribution in [0.2, 0.25) is 0 Å². The molecule has 7 nitrogen and oxygen atoms in total. The highest BCUT2D eigenvalue weighted by molar-refractivity contribution is 5.89. The first kappa shape index (κ1) is 23.5. The Kier molecular flexibility index (Phi) is 6.18. The summed E-state index contributed by atoms with van der Waals surface area (Å²) < 4.78 is 20.5. The number of amides is 2. The number of fused-ring (bicyclic) bond motifs is 1. The number of aromatic nitrogens is 3. The zero-order valence-corrected chi connectivity index (χ0v) is 20.5. The Bertz CT molecular complexity index is 1400. The summed E-state index contributed by atoms with van der Waals surface area (Å²) in [6.45, 7) is 7.12. The van der Waals surface area contributed by atoms with Crippen molar-refractivity contribution >= 4 is 11.7 Å². The summed E-state index contributed by atoms with van der Waals surface area (Å²) in [5, 5.41) is 2.76. The van der Waals surface area contributed by atoms with E-state index in [0.29, 0.717) is 42.5 Å². The third-order valence-corrected chi connectivity index (χ3v) is 6.26. The highest BCUT2D eigenvalue weighted by Gasteiger charge is 2.23. The van der Waals surface area contributed by atoms with Crippen LogP contribution in [0.3, 0.4) is 0 Å². The van der Waals surface area contributed by atoms with E-state index in [-0.39, 0.29) is 17.1 Å². The number of urea groups is 1. The van der Waals surface area contributed by atoms with Crippen LogP contribution in [0, 0.1) is 5.82 Å². The van der Waals surface area contributed by atoms with Gasteiger partial charge in [0.1, 0.15) is 23.0 Å². The number of carbonyl (C=O) groups excluding carboxylic acids is 1. The van der Waals surface area contributed by atoms with Crippen LogP contribution in [0.1, 0.15) is 37.5 Å². The van der Waals surface area contributed by atoms with Gasteiger partial charge in [-0.2, -0.15) is 0 Å². The van der Waals surface area contributed by atoms with Crippen molar-refractivity contribution in [3.8, 4) is 23.0 Å². The molecule has 0 fully saturated rings. The minimum atomic E-state index is -0.448. The fourth-order valence-electron chi connectivity index (χ4n) is 4.20. The van der Waals surface area contributed by atoms with Gasteiger partial charge >= 0.3 is 6.03 Å². The first-order valence-electron chi connectivity index (χ1n) is 11.9. The standard InChI is InChI=1S/C28H28FN5O2/c1-28(2,3)20-5-7-23(29)24(15-20)33-27(35)34-13-9-18-4-6-21(14-19(18)17-34)36-22-8-10-30-25(16-22)26-31-11-12-32-26/h4-8,10-12,14-16H,9,13,17H2,1-3H3,(H,31,32)(H,33,35). The molecule has 1 aliphatic heterocycles. The van der Waals surface area contributed by atoms with Gasteiger partial charge in [0.05, 0.1) is 5.69 Å². The smallest absolute Gasteiger partial charge is 0.322 e. The molecular formula is C28H28FN5O2. The number of anilines is 1. The maximum absolute atomic E-state index is 14.4. The molecule has 0 spiro atoms. The summed E-state index contributed by atoms with van der Waals surface area (Å²) in [6, 6.07) is 14.0. The lowest BCUT2D eigenvalue weighted by Crippen LogP contribution is -2.39. The maximum Gasteiger partial charge on any atom is 0.322 e. The molecule has 2 amide bonds. The van der Waals surface area contributed by atoms with Crippen LogP contribution in [0.4, 0.5) is 14.9 Å². The van der Waals surface area contributed by atoms with Crippen LogP contribution in [0.5, 0.6) is 11.5 Å². The van der Waals surface area contributed by atoms with Crippen molar-refractivity contribution in [3.05, 3.63) is 89.6 Å². The summed E-state index contributed by atoms with van der Waals surface area (Å²) in [5.74, 6) is 1.51. The van der Waals surface area contributed by atoms with E-state index in [1.165, 1.54) is 11.6 Å². The Hall–Kier alpha value is -4.20. The molecule has 0 unspecified atom stereocenters. The summed E-state index contributed by atoms with van der Waals surface area (Å²) in [7, 11) is 0. The molecule has 1 aliphatic rings. The second-order valence-corrected chi connectivity index (χ2v) is 9.89. The van der Waals surface area contributed by atoms with E-state index in [2.05, 4.69) is 41.0 Å². The minimum Gasteiger partial charge on any atom is -0.457 e. The van der Waals surface area contributed by atoms with Crippen LogP contribution in [0.25, 0.3) is 11.5 Å². The molecule has 36 heavy (non-hydrogen) atoms. The number of H-pyrrole nitrogens is 1. The van der Waals surface area contributed by atoms with Crippen molar-refractivity contribution in [2.45, 2.75) is 39.2 Å². The van der Waals surface area contributed by atoms with Crippen molar-refractivity contribution in [1.29, 1.82) is 0 Å². The molecule has 3 heterocycles. The molecule has 2 N–H and O–H groups in total. The third-order valence-electron chi connectivity index (χ3n) is 6.26. The largest absolute Gasteiger partial charge is 0.457 e. The van der Waals surface area contributed by atoms with E-state index in [0.717, 1.165) is 11.1 Å². The summed E-state index contributed by atoms with van der Waals surface area (Å²) in [6.07, 6.45) is 5.80. The second kappa shape index (κ2) is 9.45. The molecule has 0 saturated carbocycles. The Labute approximate surface area is 209 Å². The Morgan fingerprint density at radius 1 is 1.03 bits per heavy atom. The fraction of sp³-hybridized carbons (Fsp3) is 0.250. The molecule has 5 rings (SSSR count). The number of pyridine rings is 1. The van der Waals surface area contributed by atoms with Crippen molar-refractivity contribution in [2.75, 3.05) is 11.9 Å². The van der Waals surface area contributed by atoms with Crippen LogP contribution in [-0.4, -0.2) is 32.4 Å². The summed E-state index contributed by atoms with van der Waals surface area (Å²) in [5.41, 5.74) is 3.84. The van der Waals surface area contributed by atoms with Crippen LogP contribution in [0.15, 0.2) is 67.1 Å². The molecule has 0 bridgehead atoms. The van der Waals surface area contributed by atoms with Gasteiger partial charge in [0.25, 0.3) is 0 Å². The molecule has 8 heteroatoms. The molecule has 0 saturated heterocycles. The average Bonchev–Trinajstić information content (AvgIpc) is 3.39. The van der Waals surface area contributed by atoms with Crippen LogP contribution < -0.4 is 10.1 Å². The van der Waals surface area contributed by atoms with Crippen LogP contribution >= 0.6 is 0 Å². The number of benzene rings is 2. The van der Waals surface area contributed by atoms with Crippen molar-refractivity contribution in [1.82, 2.24) is 19.9 Å². The van der Waals surface area contributed by atoms with Gasteiger partial charge in [0.2, 0.25) is 0 Å². The Balaban J connectivity index is 1.30.